The number of amides is 2. The summed E-state index contributed by atoms with van der Waals surface area (Å²) in [6, 6.07) is 5.94. The number of nitrogens with one attached hydrogen (secondary N) is 1. The number of aryl methyl sites for hydroxylation is 1. The van der Waals surface area contributed by atoms with Crippen LogP contribution in [0.4, 0.5) is 5.69 Å². The van der Waals surface area contributed by atoms with Crippen LogP contribution in [0.2, 0.25) is 0 Å². The molecule has 2 aliphatic heterocycles. The summed E-state index contributed by atoms with van der Waals surface area (Å²) in [5, 5.41) is 2.99. The number of hydrogen-bond acceptors (Lipinski definition) is 4. The fraction of sp³-hybridized carbons (Fsp3) is 0.556. The van der Waals surface area contributed by atoms with E-state index in [1.165, 1.54) is 0 Å². The van der Waals surface area contributed by atoms with Crippen molar-refractivity contribution in [3.05, 3.63) is 29.3 Å². The predicted molar refractivity (Wildman–Crippen MR) is 92.1 cm³/mol. The van der Waals surface area contributed by atoms with Crippen LogP contribution in [0.5, 0.6) is 0 Å². The third-order valence-corrected chi connectivity index (χ3v) is 4.71. The van der Waals surface area contributed by atoms with E-state index < -0.39 is 0 Å². The van der Waals surface area contributed by atoms with Crippen LogP contribution in [0.25, 0.3) is 0 Å². The lowest BCUT2D eigenvalue weighted by molar-refractivity contribution is -0.120. The molecule has 1 N–H and O–H groups in total. The Labute approximate surface area is 142 Å². The van der Waals surface area contributed by atoms with E-state index in [0.29, 0.717) is 19.4 Å². The van der Waals surface area contributed by atoms with Gasteiger partial charge in [-0.15, -0.1) is 0 Å². The highest BCUT2D eigenvalue weighted by atomic mass is 16.5. The molecule has 1 aromatic carbocycles. The van der Waals surface area contributed by atoms with Gasteiger partial charge in [0, 0.05) is 45.3 Å². The standard InChI is InChI=1S/C18H25N3O3/c1-20-16-4-2-14(12-15(16)3-5-18(20)23)13-17(22)19-6-7-21-8-10-24-11-9-21/h2,4,12H,3,5-11,13H2,1H3,(H,19,22). The van der Waals surface area contributed by atoms with Gasteiger partial charge in [-0.3, -0.25) is 14.5 Å². The average molecular weight is 331 g/mol. The Hall–Kier alpha value is -1.92. The van der Waals surface area contributed by atoms with E-state index in [2.05, 4.69) is 16.3 Å². The van der Waals surface area contributed by atoms with Gasteiger partial charge in [0.2, 0.25) is 11.8 Å². The van der Waals surface area contributed by atoms with Gasteiger partial charge in [0.1, 0.15) is 0 Å². The fourth-order valence-electron chi connectivity index (χ4n) is 3.25. The number of fused-ring (bicyclic) bond motifs is 1. The summed E-state index contributed by atoms with van der Waals surface area (Å²) in [6.07, 6.45) is 1.68. The highest BCUT2D eigenvalue weighted by Gasteiger charge is 2.21. The summed E-state index contributed by atoms with van der Waals surface area (Å²) in [6.45, 7) is 4.97. The molecule has 0 atom stereocenters. The first-order valence-corrected chi connectivity index (χ1v) is 8.58. The van der Waals surface area contributed by atoms with Crippen LogP contribution in [0.1, 0.15) is 17.5 Å². The smallest absolute Gasteiger partial charge is 0.227 e. The minimum absolute atomic E-state index is 0.0449. The number of ether oxygens (including phenoxy) is 1. The molecule has 0 unspecified atom stereocenters. The molecule has 24 heavy (non-hydrogen) atoms. The van der Waals surface area contributed by atoms with Crippen molar-refractivity contribution >= 4 is 17.5 Å². The Kier molecular flexibility index (Phi) is 5.48. The van der Waals surface area contributed by atoms with E-state index >= 15 is 0 Å². The first kappa shape index (κ1) is 16.9. The van der Waals surface area contributed by atoms with E-state index in [1.807, 2.05) is 12.1 Å². The van der Waals surface area contributed by atoms with Gasteiger partial charge in [-0.2, -0.15) is 0 Å². The lowest BCUT2D eigenvalue weighted by atomic mass is 9.98. The zero-order chi connectivity index (χ0) is 16.9. The Balaban J connectivity index is 1.48. The SMILES string of the molecule is CN1C(=O)CCc2cc(CC(=O)NCCN3CCOCC3)ccc21. The van der Waals surface area contributed by atoms with Crippen LogP contribution in [-0.2, 0) is 27.2 Å². The maximum Gasteiger partial charge on any atom is 0.227 e. The van der Waals surface area contributed by atoms with Gasteiger partial charge in [0.25, 0.3) is 0 Å². The molecule has 130 valence electrons. The van der Waals surface area contributed by atoms with Crippen LogP contribution >= 0.6 is 0 Å². The minimum atomic E-state index is 0.0449. The maximum absolute atomic E-state index is 12.1. The monoisotopic (exact) mass is 331 g/mol. The van der Waals surface area contributed by atoms with Crippen LogP contribution < -0.4 is 10.2 Å². The predicted octanol–water partition coefficient (Wildman–Crippen LogP) is 0.587. The van der Waals surface area contributed by atoms with E-state index in [1.54, 1.807) is 11.9 Å². The van der Waals surface area contributed by atoms with Crippen LogP contribution in [0.3, 0.4) is 0 Å². The summed E-state index contributed by atoms with van der Waals surface area (Å²) in [7, 11) is 1.80. The number of morpholine rings is 1. The summed E-state index contributed by atoms with van der Waals surface area (Å²) in [5.41, 5.74) is 3.11. The van der Waals surface area contributed by atoms with Crippen molar-refractivity contribution in [3.8, 4) is 0 Å². The molecule has 6 heteroatoms. The molecule has 1 saturated heterocycles. The zero-order valence-corrected chi connectivity index (χ0v) is 14.2. The number of anilines is 1. The Bertz CT molecular complexity index is 612. The quantitative estimate of drug-likeness (QED) is 0.858. The summed E-state index contributed by atoms with van der Waals surface area (Å²) < 4.78 is 5.31. The first-order valence-electron chi connectivity index (χ1n) is 8.58. The molecule has 1 aromatic rings. The topological polar surface area (TPSA) is 61.9 Å². The third kappa shape index (κ3) is 4.13. The highest BCUT2D eigenvalue weighted by molar-refractivity contribution is 5.96. The third-order valence-electron chi connectivity index (χ3n) is 4.71. The van der Waals surface area contributed by atoms with Gasteiger partial charge >= 0.3 is 0 Å². The number of carbonyl (C=O) groups is 2. The number of rotatable bonds is 5. The van der Waals surface area contributed by atoms with Gasteiger partial charge in [0.15, 0.2) is 0 Å². The van der Waals surface area contributed by atoms with Gasteiger partial charge in [-0.1, -0.05) is 12.1 Å². The molecule has 2 amide bonds. The highest BCUT2D eigenvalue weighted by Crippen LogP contribution is 2.27. The van der Waals surface area contributed by atoms with Crippen molar-refractivity contribution in [3.63, 3.8) is 0 Å². The van der Waals surface area contributed by atoms with E-state index in [4.69, 9.17) is 4.74 Å². The molecule has 6 nitrogen and oxygen atoms in total. The van der Waals surface area contributed by atoms with Gasteiger partial charge < -0.3 is 15.0 Å². The van der Waals surface area contributed by atoms with Crippen molar-refractivity contribution in [2.24, 2.45) is 0 Å². The van der Waals surface area contributed by atoms with E-state index in [0.717, 1.165) is 56.1 Å². The molecule has 2 aliphatic rings. The molecule has 0 spiro atoms. The van der Waals surface area contributed by atoms with Gasteiger partial charge in [0.05, 0.1) is 19.6 Å². The Morgan fingerprint density at radius 1 is 1.25 bits per heavy atom. The van der Waals surface area contributed by atoms with Crippen LogP contribution in [0.15, 0.2) is 18.2 Å². The number of nitrogens with zero attached hydrogens (tertiary/aromatic N) is 2. The van der Waals surface area contributed by atoms with Crippen LogP contribution in [0, 0.1) is 0 Å². The minimum Gasteiger partial charge on any atom is -0.379 e. The van der Waals surface area contributed by atoms with E-state index in [9.17, 15) is 9.59 Å². The molecular weight excluding hydrogens is 306 g/mol. The lowest BCUT2D eigenvalue weighted by Crippen LogP contribution is -2.41. The fourth-order valence-corrected chi connectivity index (χ4v) is 3.25. The molecule has 0 radical (unpaired) electrons. The largest absolute Gasteiger partial charge is 0.379 e. The maximum atomic E-state index is 12.1. The van der Waals surface area contributed by atoms with Gasteiger partial charge in [-0.25, -0.2) is 0 Å². The summed E-state index contributed by atoms with van der Waals surface area (Å²) in [5.74, 6) is 0.194. The molecular formula is C18H25N3O3. The van der Waals surface area contributed by atoms with Crippen molar-refractivity contribution < 1.29 is 14.3 Å². The molecule has 0 aromatic heterocycles. The van der Waals surface area contributed by atoms with Gasteiger partial charge in [-0.05, 0) is 23.6 Å². The molecule has 2 heterocycles. The van der Waals surface area contributed by atoms with Crippen molar-refractivity contribution in [1.82, 2.24) is 10.2 Å². The van der Waals surface area contributed by atoms with Crippen molar-refractivity contribution in [2.75, 3.05) is 51.3 Å². The average Bonchev–Trinajstić information content (AvgIpc) is 2.59. The molecule has 3 rings (SSSR count). The van der Waals surface area contributed by atoms with Crippen molar-refractivity contribution in [2.45, 2.75) is 19.3 Å². The normalized spacial score (nSPS) is 18.4. The molecule has 0 aliphatic carbocycles. The van der Waals surface area contributed by atoms with Crippen LogP contribution in [-0.4, -0.2) is 63.2 Å². The Morgan fingerprint density at radius 3 is 2.83 bits per heavy atom. The lowest BCUT2D eigenvalue weighted by Gasteiger charge is -2.26. The second kappa shape index (κ2) is 7.77. The van der Waals surface area contributed by atoms with Crippen molar-refractivity contribution in [1.29, 1.82) is 0 Å². The molecule has 0 saturated carbocycles. The second-order valence-electron chi connectivity index (χ2n) is 6.40. The number of benzene rings is 1. The first-order chi connectivity index (χ1) is 11.6. The molecule has 0 bridgehead atoms. The summed E-state index contributed by atoms with van der Waals surface area (Å²) >= 11 is 0. The number of carbonyl (C=O) groups excluding carboxylic acids is 2. The second-order valence-corrected chi connectivity index (χ2v) is 6.40. The van der Waals surface area contributed by atoms with E-state index in [-0.39, 0.29) is 11.8 Å². The summed E-state index contributed by atoms with van der Waals surface area (Å²) in [4.78, 5) is 27.8. The zero-order valence-electron chi connectivity index (χ0n) is 14.2. The molecule has 1 fully saturated rings. The number of hydrogen-bond donors (Lipinski definition) is 1. The Morgan fingerprint density at radius 2 is 2.04 bits per heavy atom.